The molecule has 0 fully saturated rings. The molecule has 0 aromatic heterocycles. The van der Waals surface area contributed by atoms with Crippen molar-refractivity contribution in [2.45, 2.75) is 13.2 Å². The van der Waals surface area contributed by atoms with Crippen LogP contribution in [0.3, 0.4) is 0 Å². The molecule has 0 aliphatic rings. The normalized spacial score (nSPS) is 10.9. The Morgan fingerprint density at radius 3 is 2.24 bits per heavy atom. The fourth-order valence-electron chi connectivity index (χ4n) is 2.69. The molecule has 0 radical (unpaired) electrons. The first-order valence-electron chi connectivity index (χ1n) is 9.01. The summed E-state index contributed by atoms with van der Waals surface area (Å²) in [5, 5.41) is 2.80. The lowest BCUT2D eigenvalue weighted by molar-refractivity contribution is 0.0951. The number of carbonyl (C=O) groups excluding carboxylic acids is 1. The van der Waals surface area contributed by atoms with Crippen LogP contribution in [0.15, 0.2) is 78.9 Å². The Labute approximate surface area is 170 Å². The molecule has 3 rings (SSSR count). The molecule has 0 atom stereocenters. The standard InChI is InChI=1S/C22H22N2O4S/c1-29(26,27)24-21-10-6-5-9-19(21)15-23-22(25)18-11-13-20(14-12-18)28-16-17-7-3-2-4-8-17/h2-14,24H,15-16H2,1H3,(H,23,25). The summed E-state index contributed by atoms with van der Waals surface area (Å²) in [6.07, 6.45) is 1.09. The summed E-state index contributed by atoms with van der Waals surface area (Å²) in [5.41, 5.74) is 2.68. The molecule has 7 heteroatoms. The Kier molecular flexibility index (Phi) is 6.51. The van der Waals surface area contributed by atoms with E-state index in [4.69, 9.17) is 4.74 Å². The van der Waals surface area contributed by atoms with E-state index in [1.807, 2.05) is 30.3 Å². The van der Waals surface area contributed by atoms with Gasteiger partial charge in [-0.3, -0.25) is 9.52 Å². The number of amides is 1. The first-order valence-corrected chi connectivity index (χ1v) is 10.9. The fraction of sp³-hybridized carbons (Fsp3) is 0.136. The smallest absolute Gasteiger partial charge is 0.251 e. The SMILES string of the molecule is CS(=O)(=O)Nc1ccccc1CNC(=O)c1ccc(OCc2ccccc2)cc1. The van der Waals surface area contributed by atoms with E-state index < -0.39 is 10.0 Å². The molecule has 6 nitrogen and oxygen atoms in total. The van der Waals surface area contributed by atoms with Crippen LogP contribution in [0, 0.1) is 0 Å². The highest BCUT2D eigenvalue weighted by molar-refractivity contribution is 7.92. The monoisotopic (exact) mass is 410 g/mol. The number of nitrogens with one attached hydrogen (secondary N) is 2. The summed E-state index contributed by atoms with van der Waals surface area (Å²) in [4.78, 5) is 12.4. The van der Waals surface area contributed by atoms with E-state index in [-0.39, 0.29) is 12.5 Å². The number of anilines is 1. The van der Waals surface area contributed by atoms with Crippen LogP contribution in [0.4, 0.5) is 5.69 Å². The van der Waals surface area contributed by atoms with Gasteiger partial charge in [-0.25, -0.2) is 8.42 Å². The zero-order chi connectivity index (χ0) is 20.7. The van der Waals surface area contributed by atoms with Gasteiger partial charge in [0.2, 0.25) is 10.0 Å². The van der Waals surface area contributed by atoms with E-state index in [1.54, 1.807) is 48.5 Å². The van der Waals surface area contributed by atoms with Crippen LogP contribution in [0.5, 0.6) is 5.75 Å². The molecule has 0 bridgehead atoms. The number of carbonyl (C=O) groups is 1. The molecule has 0 unspecified atom stereocenters. The van der Waals surface area contributed by atoms with Crippen LogP contribution in [-0.2, 0) is 23.2 Å². The van der Waals surface area contributed by atoms with Crippen molar-refractivity contribution in [2.24, 2.45) is 0 Å². The molecule has 29 heavy (non-hydrogen) atoms. The van der Waals surface area contributed by atoms with Crippen LogP contribution >= 0.6 is 0 Å². The zero-order valence-corrected chi connectivity index (χ0v) is 16.8. The second-order valence-electron chi connectivity index (χ2n) is 6.51. The van der Waals surface area contributed by atoms with Gasteiger partial charge in [0.05, 0.1) is 11.9 Å². The van der Waals surface area contributed by atoms with Crippen LogP contribution in [0.1, 0.15) is 21.5 Å². The molecule has 3 aromatic carbocycles. The molecule has 2 N–H and O–H groups in total. The lowest BCUT2D eigenvalue weighted by Gasteiger charge is -2.12. The maximum Gasteiger partial charge on any atom is 0.251 e. The Bertz CT molecular complexity index is 1070. The quantitative estimate of drug-likeness (QED) is 0.595. The summed E-state index contributed by atoms with van der Waals surface area (Å²) in [5.74, 6) is 0.418. The highest BCUT2D eigenvalue weighted by Crippen LogP contribution is 2.17. The molecular formula is C22H22N2O4S. The largest absolute Gasteiger partial charge is 0.489 e. The first kappa shape index (κ1) is 20.4. The average Bonchev–Trinajstić information content (AvgIpc) is 2.71. The number of hydrogen-bond donors (Lipinski definition) is 2. The number of hydrogen-bond acceptors (Lipinski definition) is 4. The van der Waals surface area contributed by atoms with E-state index >= 15 is 0 Å². The average molecular weight is 410 g/mol. The first-order chi connectivity index (χ1) is 13.9. The molecule has 1 amide bonds. The van der Waals surface area contributed by atoms with Crippen molar-refractivity contribution in [2.75, 3.05) is 11.0 Å². The van der Waals surface area contributed by atoms with Crippen molar-refractivity contribution in [3.05, 3.63) is 95.6 Å². The van der Waals surface area contributed by atoms with Crippen molar-refractivity contribution in [1.82, 2.24) is 5.32 Å². The summed E-state index contributed by atoms with van der Waals surface area (Å²) in [7, 11) is -3.40. The van der Waals surface area contributed by atoms with Crippen molar-refractivity contribution in [1.29, 1.82) is 0 Å². The van der Waals surface area contributed by atoms with Gasteiger partial charge < -0.3 is 10.1 Å². The summed E-state index contributed by atoms with van der Waals surface area (Å²) in [6.45, 7) is 0.653. The lowest BCUT2D eigenvalue weighted by atomic mass is 10.1. The summed E-state index contributed by atoms with van der Waals surface area (Å²) < 4.78 is 31.1. The van der Waals surface area contributed by atoms with Crippen molar-refractivity contribution in [3.63, 3.8) is 0 Å². The number of benzene rings is 3. The molecule has 0 saturated carbocycles. The highest BCUT2D eigenvalue weighted by atomic mass is 32.2. The zero-order valence-electron chi connectivity index (χ0n) is 16.0. The Morgan fingerprint density at radius 1 is 0.897 bits per heavy atom. The maximum atomic E-state index is 12.4. The van der Waals surface area contributed by atoms with Crippen LogP contribution in [0.25, 0.3) is 0 Å². The minimum atomic E-state index is -3.40. The highest BCUT2D eigenvalue weighted by Gasteiger charge is 2.10. The molecule has 0 saturated heterocycles. The molecule has 0 heterocycles. The third kappa shape index (κ3) is 6.36. The number of sulfonamides is 1. The Morgan fingerprint density at radius 2 is 1.55 bits per heavy atom. The van der Waals surface area contributed by atoms with Crippen molar-refractivity contribution >= 4 is 21.6 Å². The van der Waals surface area contributed by atoms with E-state index in [0.29, 0.717) is 29.2 Å². The van der Waals surface area contributed by atoms with Gasteiger partial charge in [-0.15, -0.1) is 0 Å². The topological polar surface area (TPSA) is 84.5 Å². The third-order valence-corrected chi connectivity index (χ3v) is 4.71. The van der Waals surface area contributed by atoms with Crippen LogP contribution in [-0.4, -0.2) is 20.6 Å². The molecule has 0 aliphatic heterocycles. The van der Waals surface area contributed by atoms with Gasteiger partial charge in [-0.2, -0.15) is 0 Å². The molecule has 3 aromatic rings. The van der Waals surface area contributed by atoms with Crippen LogP contribution < -0.4 is 14.8 Å². The van der Waals surface area contributed by atoms with Gasteiger partial charge in [0.25, 0.3) is 5.91 Å². The van der Waals surface area contributed by atoms with Gasteiger partial charge >= 0.3 is 0 Å². The Hall–Kier alpha value is -3.32. The number of rotatable bonds is 8. The lowest BCUT2D eigenvalue weighted by Crippen LogP contribution is -2.23. The molecular weight excluding hydrogens is 388 g/mol. The van der Waals surface area contributed by atoms with E-state index in [9.17, 15) is 13.2 Å². The second-order valence-corrected chi connectivity index (χ2v) is 8.26. The third-order valence-electron chi connectivity index (χ3n) is 4.12. The predicted molar refractivity (Wildman–Crippen MR) is 113 cm³/mol. The fourth-order valence-corrected chi connectivity index (χ4v) is 3.29. The second kappa shape index (κ2) is 9.25. The van der Waals surface area contributed by atoms with Crippen LogP contribution in [0.2, 0.25) is 0 Å². The summed E-state index contributed by atoms with van der Waals surface area (Å²) in [6, 6.07) is 23.6. The van der Waals surface area contributed by atoms with Gasteiger partial charge in [-0.05, 0) is 41.5 Å². The molecule has 0 spiro atoms. The Balaban J connectivity index is 1.57. The predicted octanol–water partition coefficient (Wildman–Crippen LogP) is 3.57. The van der Waals surface area contributed by atoms with E-state index in [1.165, 1.54) is 0 Å². The minimum Gasteiger partial charge on any atom is -0.489 e. The van der Waals surface area contributed by atoms with Gasteiger partial charge in [0, 0.05) is 12.1 Å². The summed E-state index contributed by atoms with van der Waals surface area (Å²) >= 11 is 0. The molecule has 0 aliphatic carbocycles. The number of ether oxygens (including phenoxy) is 1. The van der Waals surface area contributed by atoms with E-state index in [0.717, 1.165) is 11.8 Å². The van der Waals surface area contributed by atoms with E-state index in [2.05, 4.69) is 10.0 Å². The minimum absolute atomic E-state index is 0.198. The van der Waals surface area contributed by atoms with Gasteiger partial charge in [0.15, 0.2) is 0 Å². The maximum absolute atomic E-state index is 12.4. The molecule has 150 valence electrons. The number of para-hydroxylation sites is 1. The van der Waals surface area contributed by atoms with Crippen molar-refractivity contribution in [3.8, 4) is 5.75 Å². The van der Waals surface area contributed by atoms with Crippen molar-refractivity contribution < 1.29 is 17.9 Å². The van der Waals surface area contributed by atoms with Gasteiger partial charge in [-0.1, -0.05) is 48.5 Å². The van der Waals surface area contributed by atoms with Gasteiger partial charge in [0.1, 0.15) is 12.4 Å².